The smallest absolute Gasteiger partial charge is 0.257 e. The lowest BCUT2D eigenvalue weighted by molar-refractivity contribution is 0.0406. The molecule has 0 atom stereocenters. The standard InChI is InChI=1S/C15H25N3O3.2ClH/c1-12(2)20-8-7-17-3-5-18(6-4-17)15(19)13-9-14(10-16)21-11-13;;/h9,11-12H,3-8,10,16H2,1-2H3;2*1H. The van der Waals surface area contributed by atoms with Crippen molar-refractivity contribution in [3.63, 3.8) is 0 Å². The summed E-state index contributed by atoms with van der Waals surface area (Å²) in [5.41, 5.74) is 6.08. The Morgan fingerprint density at radius 1 is 1.30 bits per heavy atom. The minimum atomic E-state index is 0. The zero-order chi connectivity index (χ0) is 15.2. The van der Waals surface area contributed by atoms with E-state index in [1.54, 1.807) is 6.07 Å². The van der Waals surface area contributed by atoms with E-state index in [2.05, 4.69) is 4.90 Å². The molecule has 134 valence electrons. The Hall–Kier alpha value is -0.790. The van der Waals surface area contributed by atoms with Crippen LogP contribution in [0, 0.1) is 0 Å². The lowest BCUT2D eigenvalue weighted by Crippen LogP contribution is -2.49. The molecule has 1 amide bonds. The molecule has 2 heterocycles. The van der Waals surface area contributed by atoms with Crippen LogP contribution in [0.2, 0.25) is 0 Å². The first kappa shape index (κ1) is 22.2. The van der Waals surface area contributed by atoms with Crippen LogP contribution in [-0.2, 0) is 11.3 Å². The molecule has 23 heavy (non-hydrogen) atoms. The van der Waals surface area contributed by atoms with Gasteiger partial charge in [0, 0.05) is 32.7 Å². The van der Waals surface area contributed by atoms with Crippen molar-refractivity contribution in [3.05, 3.63) is 23.7 Å². The van der Waals surface area contributed by atoms with Gasteiger partial charge in [0.05, 0.1) is 24.8 Å². The van der Waals surface area contributed by atoms with Crippen molar-refractivity contribution < 1.29 is 13.9 Å². The Morgan fingerprint density at radius 3 is 2.48 bits per heavy atom. The summed E-state index contributed by atoms with van der Waals surface area (Å²) in [6, 6.07) is 1.73. The maximum Gasteiger partial charge on any atom is 0.257 e. The molecule has 0 bridgehead atoms. The highest BCUT2D eigenvalue weighted by molar-refractivity contribution is 5.94. The summed E-state index contributed by atoms with van der Waals surface area (Å²) in [7, 11) is 0. The van der Waals surface area contributed by atoms with Crippen molar-refractivity contribution in [2.75, 3.05) is 39.3 Å². The summed E-state index contributed by atoms with van der Waals surface area (Å²) in [4.78, 5) is 16.5. The Balaban J connectivity index is 0.00000242. The molecule has 0 aromatic carbocycles. The number of amides is 1. The maximum atomic E-state index is 12.3. The normalized spacial score (nSPS) is 15.2. The van der Waals surface area contributed by atoms with Crippen molar-refractivity contribution in [2.45, 2.75) is 26.5 Å². The predicted octanol–water partition coefficient (Wildman–Crippen LogP) is 1.76. The lowest BCUT2D eigenvalue weighted by Gasteiger charge is -2.34. The van der Waals surface area contributed by atoms with Crippen LogP contribution in [0.4, 0.5) is 0 Å². The van der Waals surface area contributed by atoms with E-state index in [1.165, 1.54) is 6.26 Å². The van der Waals surface area contributed by atoms with Gasteiger partial charge in [0.15, 0.2) is 0 Å². The number of hydrogen-bond acceptors (Lipinski definition) is 5. The third-order valence-corrected chi connectivity index (χ3v) is 3.62. The van der Waals surface area contributed by atoms with E-state index in [-0.39, 0.29) is 36.8 Å². The Kier molecular flexibility index (Phi) is 10.5. The molecular weight excluding hydrogens is 341 g/mol. The van der Waals surface area contributed by atoms with Crippen LogP contribution < -0.4 is 5.73 Å². The molecule has 0 aliphatic carbocycles. The summed E-state index contributed by atoms with van der Waals surface area (Å²) in [5.74, 6) is 0.666. The highest BCUT2D eigenvalue weighted by Crippen LogP contribution is 2.12. The van der Waals surface area contributed by atoms with Crippen LogP contribution >= 0.6 is 24.8 Å². The number of rotatable bonds is 6. The fourth-order valence-corrected chi connectivity index (χ4v) is 2.37. The summed E-state index contributed by atoms with van der Waals surface area (Å²) >= 11 is 0. The van der Waals surface area contributed by atoms with Crippen LogP contribution in [0.3, 0.4) is 0 Å². The Morgan fingerprint density at radius 2 is 1.96 bits per heavy atom. The fourth-order valence-electron chi connectivity index (χ4n) is 2.37. The molecule has 2 N–H and O–H groups in total. The second-order valence-corrected chi connectivity index (χ2v) is 5.56. The molecule has 0 radical (unpaired) electrons. The fraction of sp³-hybridized carbons (Fsp3) is 0.667. The number of nitrogens with two attached hydrogens (primary N) is 1. The molecule has 1 aliphatic rings. The molecule has 0 spiro atoms. The van der Waals surface area contributed by atoms with Gasteiger partial charge in [-0.3, -0.25) is 9.69 Å². The van der Waals surface area contributed by atoms with Gasteiger partial charge in [-0.1, -0.05) is 0 Å². The highest BCUT2D eigenvalue weighted by Gasteiger charge is 2.23. The van der Waals surface area contributed by atoms with Crippen LogP contribution in [-0.4, -0.2) is 61.1 Å². The van der Waals surface area contributed by atoms with Gasteiger partial charge in [0.25, 0.3) is 5.91 Å². The molecule has 0 unspecified atom stereocenters. The summed E-state index contributed by atoms with van der Waals surface area (Å²) < 4.78 is 10.8. The van der Waals surface area contributed by atoms with E-state index >= 15 is 0 Å². The average molecular weight is 368 g/mol. The molecule has 8 heteroatoms. The second kappa shape index (κ2) is 10.9. The molecular formula is C15H27Cl2N3O3. The molecule has 1 aromatic rings. The van der Waals surface area contributed by atoms with E-state index in [1.807, 2.05) is 18.7 Å². The zero-order valence-corrected chi connectivity index (χ0v) is 15.3. The van der Waals surface area contributed by atoms with Gasteiger partial charge in [0.2, 0.25) is 0 Å². The van der Waals surface area contributed by atoms with Crippen molar-refractivity contribution in [1.29, 1.82) is 0 Å². The van der Waals surface area contributed by atoms with Gasteiger partial charge in [-0.15, -0.1) is 24.8 Å². The van der Waals surface area contributed by atoms with Gasteiger partial charge in [0.1, 0.15) is 12.0 Å². The first-order chi connectivity index (χ1) is 10.1. The SMILES string of the molecule is CC(C)OCCN1CCN(C(=O)c2coc(CN)c2)CC1.Cl.Cl. The third-order valence-electron chi connectivity index (χ3n) is 3.62. The number of hydrogen-bond donors (Lipinski definition) is 1. The number of furan rings is 1. The van der Waals surface area contributed by atoms with Gasteiger partial charge >= 0.3 is 0 Å². The summed E-state index contributed by atoms with van der Waals surface area (Å²) in [5, 5.41) is 0. The van der Waals surface area contributed by atoms with E-state index < -0.39 is 0 Å². The minimum absolute atomic E-state index is 0. The van der Waals surface area contributed by atoms with Crippen molar-refractivity contribution in [1.82, 2.24) is 9.80 Å². The number of piperazine rings is 1. The average Bonchev–Trinajstić information content (AvgIpc) is 2.96. The number of carbonyl (C=O) groups excluding carboxylic acids is 1. The number of carbonyl (C=O) groups is 1. The van der Waals surface area contributed by atoms with Crippen LogP contribution in [0.5, 0.6) is 0 Å². The monoisotopic (exact) mass is 367 g/mol. The number of nitrogens with zero attached hydrogens (tertiary/aromatic N) is 2. The van der Waals surface area contributed by atoms with Gasteiger partial charge < -0.3 is 19.8 Å². The van der Waals surface area contributed by atoms with E-state index in [0.717, 1.165) is 39.3 Å². The van der Waals surface area contributed by atoms with Gasteiger partial charge in [-0.2, -0.15) is 0 Å². The summed E-state index contributed by atoms with van der Waals surface area (Å²) in [6.07, 6.45) is 1.76. The van der Waals surface area contributed by atoms with Gasteiger partial charge in [-0.05, 0) is 19.9 Å². The molecule has 6 nitrogen and oxygen atoms in total. The lowest BCUT2D eigenvalue weighted by atomic mass is 10.2. The van der Waals surface area contributed by atoms with Crippen LogP contribution in [0.15, 0.2) is 16.7 Å². The molecule has 0 saturated carbocycles. The first-order valence-electron chi connectivity index (χ1n) is 7.51. The molecule has 1 fully saturated rings. The quantitative estimate of drug-likeness (QED) is 0.829. The van der Waals surface area contributed by atoms with Crippen LogP contribution in [0.1, 0.15) is 30.0 Å². The molecule has 2 rings (SSSR count). The molecule has 1 aliphatic heterocycles. The van der Waals surface area contributed by atoms with Gasteiger partial charge in [-0.25, -0.2) is 0 Å². The van der Waals surface area contributed by atoms with Crippen LogP contribution in [0.25, 0.3) is 0 Å². The van der Waals surface area contributed by atoms with E-state index in [9.17, 15) is 4.79 Å². The predicted molar refractivity (Wildman–Crippen MR) is 94.5 cm³/mol. The number of ether oxygens (including phenoxy) is 1. The maximum absolute atomic E-state index is 12.3. The summed E-state index contributed by atoms with van der Waals surface area (Å²) in [6.45, 7) is 9.30. The largest absolute Gasteiger partial charge is 0.467 e. The first-order valence-corrected chi connectivity index (χ1v) is 7.51. The minimum Gasteiger partial charge on any atom is -0.467 e. The second-order valence-electron chi connectivity index (χ2n) is 5.56. The van der Waals surface area contributed by atoms with Crippen molar-refractivity contribution in [3.8, 4) is 0 Å². The molecule has 1 saturated heterocycles. The van der Waals surface area contributed by atoms with E-state index in [4.69, 9.17) is 14.9 Å². The highest BCUT2D eigenvalue weighted by atomic mass is 35.5. The van der Waals surface area contributed by atoms with Crippen molar-refractivity contribution >= 4 is 30.7 Å². The number of halogens is 2. The van der Waals surface area contributed by atoms with E-state index in [0.29, 0.717) is 17.9 Å². The Bertz CT molecular complexity index is 461. The van der Waals surface area contributed by atoms with Crippen molar-refractivity contribution in [2.24, 2.45) is 5.73 Å². The molecule has 1 aromatic heterocycles. The zero-order valence-electron chi connectivity index (χ0n) is 13.7. The Labute approximate surface area is 150 Å². The topological polar surface area (TPSA) is 71.9 Å². The third kappa shape index (κ3) is 6.69.